The van der Waals surface area contributed by atoms with Crippen molar-refractivity contribution in [2.24, 2.45) is 5.73 Å². The number of nitrogens with two attached hydrogens (primary N) is 1. The van der Waals surface area contributed by atoms with Gasteiger partial charge in [0.1, 0.15) is 6.04 Å². The second-order valence-corrected chi connectivity index (χ2v) is 5.44. The second-order valence-electron chi connectivity index (χ2n) is 5.44. The van der Waals surface area contributed by atoms with Crippen LogP contribution in [0.4, 0.5) is 0 Å². The van der Waals surface area contributed by atoms with Crippen LogP contribution in [-0.2, 0) is 4.79 Å². The van der Waals surface area contributed by atoms with Gasteiger partial charge in [0.2, 0.25) is 5.91 Å². The first-order chi connectivity index (χ1) is 9.77. The summed E-state index contributed by atoms with van der Waals surface area (Å²) in [4.78, 5) is 14.4. The highest BCUT2D eigenvalue weighted by Crippen LogP contribution is 2.10. The van der Waals surface area contributed by atoms with E-state index in [4.69, 9.17) is 5.73 Å². The van der Waals surface area contributed by atoms with Crippen LogP contribution in [0.25, 0.3) is 0 Å². The molecule has 4 heteroatoms. The molecule has 1 fully saturated rings. The first kappa shape index (κ1) is 15.0. The van der Waals surface area contributed by atoms with Crippen molar-refractivity contribution in [2.75, 3.05) is 26.2 Å². The Hall–Kier alpha value is -1.39. The summed E-state index contributed by atoms with van der Waals surface area (Å²) in [7, 11) is 0. The van der Waals surface area contributed by atoms with Crippen LogP contribution >= 0.6 is 0 Å². The molecule has 1 aromatic rings. The maximum atomic E-state index is 12.0. The van der Waals surface area contributed by atoms with Gasteiger partial charge in [0.25, 0.3) is 0 Å². The molecule has 1 aromatic carbocycles. The SMILES string of the molecule is N[C@@H](C(=O)NCCN1CCCCCC1)c1ccccc1. The largest absolute Gasteiger partial charge is 0.353 e. The number of nitrogens with zero attached hydrogens (tertiary/aromatic N) is 1. The number of amides is 1. The van der Waals surface area contributed by atoms with Gasteiger partial charge in [-0.15, -0.1) is 0 Å². The third-order valence-corrected chi connectivity index (χ3v) is 3.87. The van der Waals surface area contributed by atoms with Crippen molar-refractivity contribution < 1.29 is 4.79 Å². The Morgan fingerprint density at radius 2 is 1.80 bits per heavy atom. The van der Waals surface area contributed by atoms with Gasteiger partial charge in [0, 0.05) is 13.1 Å². The smallest absolute Gasteiger partial charge is 0.241 e. The van der Waals surface area contributed by atoms with Crippen LogP contribution in [-0.4, -0.2) is 37.0 Å². The zero-order valence-electron chi connectivity index (χ0n) is 12.1. The minimum Gasteiger partial charge on any atom is -0.353 e. The van der Waals surface area contributed by atoms with Crippen LogP contribution in [0.2, 0.25) is 0 Å². The average molecular weight is 275 g/mol. The summed E-state index contributed by atoms with van der Waals surface area (Å²) in [6, 6.07) is 8.94. The van der Waals surface area contributed by atoms with E-state index in [0.29, 0.717) is 6.54 Å². The number of nitrogens with one attached hydrogen (secondary N) is 1. The number of benzene rings is 1. The van der Waals surface area contributed by atoms with Crippen molar-refractivity contribution in [3.05, 3.63) is 35.9 Å². The quantitative estimate of drug-likeness (QED) is 0.859. The van der Waals surface area contributed by atoms with E-state index in [0.717, 1.165) is 25.2 Å². The third kappa shape index (κ3) is 4.62. The Bertz CT molecular complexity index is 399. The lowest BCUT2D eigenvalue weighted by Gasteiger charge is -2.20. The molecule has 0 bridgehead atoms. The maximum absolute atomic E-state index is 12.0. The van der Waals surface area contributed by atoms with Gasteiger partial charge in [-0.2, -0.15) is 0 Å². The van der Waals surface area contributed by atoms with E-state index < -0.39 is 6.04 Å². The summed E-state index contributed by atoms with van der Waals surface area (Å²) in [5, 5.41) is 2.94. The van der Waals surface area contributed by atoms with Crippen LogP contribution in [0.5, 0.6) is 0 Å². The van der Waals surface area contributed by atoms with E-state index in [-0.39, 0.29) is 5.91 Å². The van der Waals surface area contributed by atoms with Crippen molar-refractivity contribution in [1.82, 2.24) is 10.2 Å². The molecule has 0 aliphatic carbocycles. The summed E-state index contributed by atoms with van der Waals surface area (Å²) < 4.78 is 0. The van der Waals surface area contributed by atoms with Crippen molar-refractivity contribution >= 4 is 5.91 Å². The summed E-state index contributed by atoms with van der Waals surface area (Å²) in [5.41, 5.74) is 6.82. The lowest BCUT2D eigenvalue weighted by molar-refractivity contribution is -0.122. The average Bonchev–Trinajstić information content (AvgIpc) is 2.76. The van der Waals surface area contributed by atoms with Crippen molar-refractivity contribution in [3.63, 3.8) is 0 Å². The molecular weight excluding hydrogens is 250 g/mol. The molecule has 2 rings (SSSR count). The number of hydrogen-bond donors (Lipinski definition) is 2. The van der Waals surface area contributed by atoms with E-state index in [1.54, 1.807) is 0 Å². The Kier molecular flexibility index (Phi) is 6.02. The maximum Gasteiger partial charge on any atom is 0.241 e. The normalized spacial score (nSPS) is 18.2. The molecule has 1 amide bonds. The fraction of sp³-hybridized carbons (Fsp3) is 0.562. The molecule has 1 heterocycles. The van der Waals surface area contributed by atoms with Gasteiger partial charge in [-0.25, -0.2) is 0 Å². The van der Waals surface area contributed by atoms with E-state index in [2.05, 4.69) is 10.2 Å². The van der Waals surface area contributed by atoms with Gasteiger partial charge in [-0.05, 0) is 31.5 Å². The molecule has 4 nitrogen and oxygen atoms in total. The molecule has 1 aliphatic heterocycles. The monoisotopic (exact) mass is 275 g/mol. The highest BCUT2D eigenvalue weighted by Gasteiger charge is 2.15. The molecular formula is C16H25N3O. The van der Waals surface area contributed by atoms with E-state index in [1.807, 2.05) is 30.3 Å². The molecule has 1 atom stereocenters. The van der Waals surface area contributed by atoms with E-state index in [1.165, 1.54) is 25.7 Å². The molecule has 0 aromatic heterocycles. The number of likely N-dealkylation sites (tertiary alicyclic amines) is 1. The molecule has 0 radical (unpaired) electrons. The van der Waals surface area contributed by atoms with Crippen LogP contribution in [0.3, 0.4) is 0 Å². The second kappa shape index (κ2) is 8.02. The Balaban J connectivity index is 1.72. The van der Waals surface area contributed by atoms with Crippen molar-refractivity contribution in [3.8, 4) is 0 Å². The molecule has 0 unspecified atom stereocenters. The highest BCUT2D eigenvalue weighted by molar-refractivity contribution is 5.82. The fourth-order valence-corrected chi connectivity index (χ4v) is 2.62. The number of hydrogen-bond acceptors (Lipinski definition) is 3. The molecule has 0 spiro atoms. The summed E-state index contributed by atoms with van der Waals surface area (Å²) in [6.45, 7) is 3.91. The molecule has 110 valence electrons. The van der Waals surface area contributed by atoms with Crippen LogP contribution in [0.15, 0.2) is 30.3 Å². The minimum atomic E-state index is -0.569. The molecule has 1 aliphatic rings. The van der Waals surface area contributed by atoms with Gasteiger partial charge >= 0.3 is 0 Å². The summed E-state index contributed by atoms with van der Waals surface area (Å²) in [6.07, 6.45) is 5.22. The van der Waals surface area contributed by atoms with Gasteiger partial charge < -0.3 is 16.0 Å². The fourth-order valence-electron chi connectivity index (χ4n) is 2.62. The Labute approximate surface area is 121 Å². The van der Waals surface area contributed by atoms with E-state index >= 15 is 0 Å². The van der Waals surface area contributed by atoms with Gasteiger partial charge in [0.15, 0.2) is 0 Å². The molecule has 20 heavy (non-hydrogen) atoms. The van der Waals surface area contributed by atoms with Crippen LogP contribution < -0.4 is 11.1 Å². The molecule has 3 N–H and O–H groups in total. The Morgan fingerprint density at radius 3 is 2.45 bits per heavy atom. The standard InChI is InChI=1S/C16H25N3O/c17-15(14-8-4-3-5-9-14)16(20)18-10-13-19-11-6-1-2-7-12-19/h3-5,8-9,15H,1-2,6-7,10-13,17H2,(H,18,20)/t15-/m1/s1. The van der Waals surface area contributed by atoms with Crippen LogP contribution in [0.1, 0.15) is 37.3 Å². The lowest BCUT2D eigenvalue weighted by atomic mass is 10.1. The lowest BCUT2D eigenvalue weighted by Crippen LogP contribution is -2.39. The summed E-state index contributed by atoms with van der Waals surface area (Å²) in [5.74, 6) is -0.0916. The molecule has 0 saturated carbocycles. The summed E-state index contributed by atoms with van der Waals surface area (Å²) >= 11 is 0. The zero-order chi connectivity index (χ0) is 14.2. The first-order valence-electron chi connectivity index (χ1n) is 7.58. The van der Waals surface area contributed by atoms with Gasteiger partial charge in [0.05, 0.1) is 0 Å². The Morgan fingerprint density at radius 1 is 1.15 bits per heavy atom. The first-order valence-corrected chi connectivity index (χ1v) is 7.58. The van der Waals surface area contributed by atoms with Gasteiger partial charge in [-0.3, -0.25) is 4.79 Å². The topological polar surface area (TPSA) is 58.4 Å². The number of carbonyl (C=O) groups is 1. The number of carbonyl (C=O) groups excluding carboxylic acids is 1. The highest BCUT2D eigenvalue weighted by atomic mass is 16.2. The predicted octanol–water partition coefficient (Wildman–Crippen LogP) is 1.68. The van der Waals surface area contributed by atoms with Crippen LogP contribution in [0, 0.1) is 0 Å². The number of rotatable bonds is 5. The zero-order valence-corrected chi connectivity index (χ0v) is 12.1. The van der Waals surface area contributed by atoms with Crippen molar-refractivity contribution in [2.45, 2.75) is 31.7 Å². The predicted molar refractivity (Wildman–Crippen MR) is 81.3 cm³/mol. The molecule has 1 saturated heterocycles. The van der Waals surface area contributed by atoms with Crippen molar-refractivity contribution in [1.29, 1.82) is 0 Å². The minimum absolute atomic E-state index is 0.0916. The van der Waals surface area contributed by atoms with Gasteiger partial charge in [-0.1, -0.05) is 43.2 Å². The third-order valence-electron chi connectivity index (χ3n) is 3.87. The van der Waals surface area contributed by atoms with E-state index in [9.17, 15) is 4.79 Å².